The summed E-state index contributed by atoms with van der Waals surface area (Å²) in [6, 6.07) is 6.97. The molecule has 0 amide bonds. The Morgan fingerprint density at radius 3 is 2.70 bits per heavy atom. The topological polar surface area (TPSA) is 64.8 Å². The maximum atomic E-state index is 11.6. The third-order valence-corrected chi connectivity index (χ3v) is 2.80. The second kappa shape index (κ2) is 8.55. The van der Waals surface area contributed by atoms with Gasteiger partial charge in [-0.3, -0.25) is 4.79 Å². The number of carbonyl (C=O) groups is 1. The van der Waals surface area contributed by atoms with E-state index in [1.165, 1.54) is 0 Å². The molecule has 112 valence electrons. The van der Waals surface area contributed by atoms with E-state index in [1.54, 1.807) is 6.92 Å². The van der Waals surface area contributed by atoms with E-state index in [0.717, 1.165) is 17.9 Å². The number of para-hydroxylation sites is 1. The molecule has 1 atom stereocenters. The molecule has 0 heterocycles. The predicted octanol–water partition coefficient (Wildman–Crippen LogP) is 1.06. The summed E-state index contributed by atoms with van der Waals surface area (Å²) in [7, 11) is 3.98. The van der Waals surface area contributed by atoms with Crippen LogP contribution in [-0.2, 0) is 16.0 Å². The molecule has 20 heavy (non-hydrogen) atoms. The molecule has 0 bridgehead atoms. The summed E-state index contributed by atoms with van der Waals surface area (Å²) in [4.78, 5) is 13.6. The quantitative estimate of drug-likeness (QED) is 0.721. The highest BCUT2D eigenvalue weighted by molar-refractivity contribution is 5.76. The van der Waals surface area contributed by atoms with Crippen molar-refractivity contribution in [1.82, 2.24) is 4.90 Å². The number of carbonyl (C=O) groups excluding carboxylic acids is 1. The third kappa shape index (κ3) is 5.59. The molecule has 0 aliphatic rings. The fourth-order valence-electron chi connectivity index (χ4n) is 1.72. The number of nitrogens with zero attached hydrogens (tertiary/aromatic N) is 1. The summed E-state index contributed by atoms with van der Waals surface area (Å²) in [6.07, 6.45) is 0.414. The second-order valence-electron chi connectivity index (χ2n) is 4.82. The van der Waals surface area contributed by atoms with E-state index in [2.05, 4.69) is 0 Å². The van der Waals surface area contributed by atoms with Crippen LogP contribution in [0.25, 0.3) is 0 Å². The minimum Gasteiger partial charge on any atom is -0.492 e. The summed E-state index contributed by atoms with van der Waals surface area (Å²) < 4.78 is 10.7. The summed E-state index contributed by atoms with van der Waals surface area (Å²) in [5, 5.41) is 0. The van der Waals surface area contributed by atoms with Gasteiger partial charge in [0.25, 0.3) is 0 Å². The van der Waals surface area contributed by atoms with Gasteiger partial charge in [0.2, 0.25) is 0 Å². The lowest BCUT2D eigenvalue weighted by Crippen LogP contribution is -2.34. The zero-order valence-corrected chi connectivity index (χ0v) is 12.5. The number of nitrogens with two attached hydrogens (primary N) is 1. The van der Waals surface area contributed by atoms with Crippen LogP contribution in [0.5, 0.6) is 5.75 Å². The molecule has 1 rings (SSSR count). The normalized spacial score (nSPS) is 12.2. The third-order valence-electron chi connectivity index (χ3n) is 2.80. The first-order valence-electron chi connectivity index (χ1n) is 6.82. The number of hydrogen-bond acceptors (Lipinski definition) is 5. The smallest absolute Gasteiger partial charge is 0.323 e. The summed E-state index contributed by atoms with van der Waals surface area (Å²) >= 11 is 0. The summed E-state index contributed by atoms with van der Waals surface area (Å²) in [5.74, 6) is 0.393. The maximum Gasteiger partial charge on any atom is 0.323 e. The van der Waals surface area contributed by atoms with Crippen molar-refractivity contribution in [3.8, 4) is 5.75 Å². The fourth-order valence-corrected chi connectivity index (χ4v) is 1.72. The number of benzene rings is 1. The zero-order valence-electron chi connectivity index (χ0n) is 12.5. The molecule has 5 heteroatoms. The van der Waals surface area contributed by atoms with Crippen LogP contribution in [-0.4, -0.2) is 50.8 Å². The molecule has 0 aliphatic heterocycles. The molecule has 1 unspecified atom stereocenters. The van der Waals surface area contributed by atoms with E-state index in [1.807, 2.05) is 43.3 Å². The van der Waals surface area contributed by atoms with Gasteiger partial charge in [0, 0.05) is 13.0 Å². The lowest BCUT2D eigenvalue weighted by molar-refractivity contribution is -0.144. The first-order chi connectivity index (χ1) is 9.54. The maximum absolute atomic E-state index is 11.6. The highest BCUT2D eigenvalue weighted by Crippen LogP contribution is 2.19. The Balaban J connectivity index is 2.62. The van der Waals surface area contributed by atoms with Crippen LogP contribution in [0.15, 0.2) is 24.3 Å². The van der Waals surface area contributed by atoms with Crippen molar-refractivity contribution in [2.45, 2.75) is 19.4 Å². The van der Waals surface area contributed by atoms with Crippen LogP contribution in [0.1, 0.15) is 12.5 Å². The molecule has 0 spiro atoms. The van der Waals surface area contributed by atoms with Crippen LogP contribution in [0.4, 0.5) is 0 Å². The van der Waals surface area contributed by atoms with Crippen molar-refractivity contribution < 1.29 is 14.3 Å². The first-order valence-corrected chi connectivity index (χ1v) is 6.82. The van der Waals surface area contributed by atoms with Crippen LogP contribution in [0.3, 0.4) is 0 Å². The van der Waals surface area contributed by atoms with Gasteiger partial charge in [-0.1, -0.05) is 18.2 Å². The molecule has 0 saturated heterocycles. The average Bonchev–Trinajstić information content (AvgIpc) is 2.40. The molecule has 1 aromatic rings. The predicted molar refractivity (Wildman–Crippen MR) is 78.8 cm³/mol. The van der Waals surface area contributed by atoms with Crippen LogP contribution >= 0.6 is 0 Å². The van der Waals surface area contributed by atoms with Crippen molar-refractivity contribution in [3.05, 3.63) is 29.8 Å². The Bertz CT molecular complexity index is 421. The van der Waals surface area contributed by atoms with Gasteiger partial charge in [0.1, 0.15) is 18.4 Å². The first kappa shape index (κ1) is 16.5. The molecular formula is C15H24N2O3. The van der Waals surface area contributed by atoms with Gasteiger partial charge < -0.3 is 20.1 Å². The van der Waals surface area contributed by atoms with E-state index < -0.39 is 6.04 Å². The van der Waals surface area contributed by atoms with Gasteiger partial charge in [0.15, 0.2) is 0 Å². The lowest BCUT2D eigenvalue weighted by atomic mass is 10.1. The van der Waals surface area contributed by atoms with Crippen molar-refractivity contribution in [2.24, 2.45) is 5.73 Å². The van der Waals surface area contributed by atoms with Crippen molar-refractivity contribution in [3.63, 3.8) is 0 Å². The molecular weight excluding hydrogens is 256 g/mol. The molecule has 0 aromatic heterocycles. The van der Waals surface area contributed by atoms with Gasteiger partial charge >= 0.3 is 5.97 Å². The van der Waals surface area contributed by atoms with E-state index in [-0.39, 0.29) is 5.97 Å². The van der Waals surface area contributed by atoms with Gasteiger partial charge in [-0.25, -0.2) is 0 Å². The van der Waals surface area contributed by atoms with E-state index in [9.17, 15) is 4.79 Å². The van der Waals surface area contributed by atoms with E-state index in [4.69, 9.17) is 15.2 Å². The molecule has 0 fully saturated rings. The Labute approximate surface area is 120 Å². The fraction of sp³-hybridized carbons (Fsp3) is 0.533. The number of rotatable bonds is 8. The highest BCUT2D eigenvalue weighted by atomic mass is 16.5. The molecule has 5 nitrogen and oxygen atoms in total. The minimum absolute atomic E-state index is 0.341. The highest BCUT2D eigenvalue weighted by Gasteiger charge is 2.17. The largest absolute Gasteiger partial charge is 0.492 e. The standard InChI is InChI=1S/C15H24N2O3/c1-4-19-15(18)13(16)11-12-7-5-6-8-14(12)20-10-9-17(2)3/h5-8,13H,4,9-11,16H2,1-3H3. The van der Waals surface area contributed by atoms with Gasteiger partial charge in [0.05, 0.1) is 6.61 Å². The Morgan fingerprint density at radius 2 is 2.05 bits per heavy atom. The van der Waals surface area contributed by atoms with Crippen molar-refractivity contribution in [1.29, 1.82) is 0 Å². The average molecular weight is 280 g/mol. The molecule has 0 saturated carbocycles. The number of hydrogen-bond donors (Lipinski definition) is 1. The zero-order chi connectivity index (χ0) is 15.0. The van der Waals surface area contributed by atoms with Crippen molar-refractivity contribution >= 4 is 5.97 Å². The molecule has 0 aliphatic carbocycles. The Morgan fingerprint density at radius 1 is 1.35 bits per heavy atom. The summed E-state index contributed by atoms with van der Waals surface area (Å²) in [6.45, 7) is 3.54. The second-order valence-corrected chi connectivity index (χ2v) is 4.82. The van der Waals surface area contributed by atoms with E-state index >= 15 is 0 Å². The van der Waals surface area contributed by atoms with Gasteiger partial charge in [-0.15, -0.1) is 0 Å². The van der Waals surface area contributed by atoms with Crippen LogP contribution in [0.2, 0.25) is 0 Å². The van der Waals surface area contributed by atoms with Gasteiger partial charge in [-0.2, -0.15) is 0 Å². The van der Waals surface area contributed by atoms with Crippen molar-refractivity contribution in [2.75, 3.05) is 33.9 Å². The minimum atomic E-state index is -0.659. The molecule has 0 radical (unpaired) electrons. The number of likely N-dealkylation sites (N-methyl/N-ethyl adjacent to an activating group) is 1. The molecule has 1 aromatic carbocycles. The van der Waals surface area contributed by atoms with E-state index in [0.29, 0.717) is 19.6 Å². The van der Waals surface area contributed by atoms with Crippen LogP contribution < -0.4 is 10.5 Å². The van der Waals surface area contributed by atoms with Gasteiger partial charge in [-0.05, 0) is 32.6 Å². The number of esters is 1. The Hall–Kier alpha value is -1.59. The SMILES string of the molecule is CCOC(=O)C(N)Cc1ccccc1OCCN(C)C. The lowest BCUT2D eigenvalue weighted by Gasteiger charge is -2.16. The number of ether oxygens (including phenoxy) is 2. The Kier molecular flexibility index (Phi) is 7.04. The summed E-state index contributed by atoms with van der Waals surface area (Å²) in [5.41, 5.74) is 6.77. The molecule has 2 N–H and O–H groups in total. The monoisotopic (exact) mass is 280 g/mol. The van der Waals surface area contributed by atoms with Crippen LogP contribution in [0, 0.1) is 0 Å².